The first-order valence-corrected chi connectivity index (χ1v) is 7.93. The molecule has 0 atom stereocenters. The summed E-state index contributed by atoms with van der Waals surface area (Å²) in [4.78, 5) is 4.95. The molecule has 4 nitrogen and oxygen atoms in total. The summed E-state index contributed by atoms with van der Waals surface area (Å²) in [6.45, 7) is 9.97. The van der Waals surface area contributed by atoms with Crippen LogP contribution < -0.4 is 5.73 Å². The summed E-state index contributed by atoms with van der Waals surface area (Å²) in [5.74, 6) is 0.890. The van der Waals surface area contributed by atoms with Gasteiger partial charge in [0.25, 0.3) is 0 Å². The van der Waals surface area contributed by atoms with E-state index in [1.54, 1.807) is 0 Å². The number of β-amino-alcohol motifs (C(OH)–C–C–N with tert-alkyl or cyclic N) is 1. The van der Waals surface area contributed by atoms with Gasteiger partial charge in [-0.05, 0) is 30.7 Å². The lowest BCUT2D eigenvalue weighted by Gasteiger charge is -2.44. The monoisotopic (exact) mass is 269 g/mol. The third kappa shape index (κ3) is 4.15. The highest BCUT2D eigenvalue weighted by atomic mass is 16.3. The molecule has 0 aromatic rings. The van der Waals surface area contributed by atoms with E-state index in [2.05, 4.69) is 16.7 Å². The highest BCUT2D eigenvalue weighted by molar-refractivity contribution is 4.89. The Morgan fingerprint density at radius 2 is 1.68 bits per heavy atom. The lowest BCUT2D eigenvalue weighted by Crippen LogP contribution is -2.52. The fourth-order valence-corrected chi connectivity index (χ4v) is 3.59. The normalized spacial score (nSPS) is 34.6. The average Bonchev–Trinajstić information content (AvgIpc) is 2.44. The molecule has 1 saturated carbocycles. The van der Waals surface area contributed by atoms with Crippen LogP contribution in [0.1, 0.15) is 32.6 Å². The van der Waals surface area contributed by atoms with E-state index in [1.165, 1.54) is 32.2 Å². The third-order valence-electron chi connectivity index (χ3n) is 5.21. The van der Waals surface area contributed by atoms with Crippen molar-refractivity contribution in [1.29, 1.82) is 0 Å². The van der Waals surface area contributed by atoms with Crippen LogP contribution in [0.4, 0.5) is 0 Å². The van der Waals surface area contributed by atoms with Gasteiger partial charge in [-0.1, -0.05) is 19.8 Å². The number of aliphatic hydroxyl groups is 1. The highest BCUT2D eigenvalue weighted by Gasteiger charge is 2.35. The Kier molecular flexibility index (Phi) is 5.63. The van der Waals surface area contributed by atoms with Gasteiger partial charge in [0.05, 0.1) is 6.61 Å². The van der Waals surface area contributed by atoms with Gasteiger partial charge in [0.1, 0.15) is 0 Å². The average molecular weight is 269 g/mol. The molecule has 0 aromatic heterocycles. The van der Waals surface area contributed by atoms with Crippen LogP contribution in [0, 0.1) is 11.3 Å². The zero-order chi connectivity index (χ0) is 13.7. The topological polar surface area (TPSA) is 52.7 Å². The Hall–Kier alpha value is -0.160. The molecule has 4 heteroatoms. The Morgan fingerprint density at radius 3 is 2.21 bits per heavy atom. The Balaban J connectivity index is 1.80. The molecule has 0 amide bonds. The van der Waals surface area contributed by atoms with E-state index in [0.717, 1.165) is 45.2 Å². The number of piperazine rings is 1. The SMILES string of the molecule is CC1CCC(CN)(CN2CCN(CCO)CC2)CC1. The molecule has 19 heavy (non-hydrogen) atoms. The van der Waals surface area contributed by atoms with Gasteiger partial charge in [-0.2, -0.15) is 0 Å². The summed E-state index contributed by atoms with van der Waals surface area (Å²) in [7, 11) is 0. The fourth-order valence-electron chi connectivity index (χ4n) is 3.59. The minimum Gasteiger partial charge on any atom is -0.395 e. The number of hydrogen-bond donors (Lipinski definition) is 2. The molecule has 1 aliphatic heterocycles. The molecular weight excluding hydrogens is 238 g/mol. The summed E-state index contributed by atoms with van der Waals surface area (Å²) >= 11 is 0. The smallest absolute Gasteiger partial charge is 0.0558 e. The largest absolute Gasteiger partial charge is 0.395 e. The molecule has 0 unspecified atom stereocenters. The zero-order valence-corrected chi connectivity index (χ0v) is 12.5. The van der Waals surface area contributed by atoms with E-state index in [9.17, 15) is 0 Å². The summed E-state index contributed by atoms with van der Waals surface area (Å²) in [6, 6.07) is 0. The van der Waals surface area contributed by atoms with Crippen LogP contribution in [0.3, 0.4) is 0 Å². The lowest BCUT2D eigenvalue weighted by molar-refractivity contribution is 0.0534. The molecule has 0 aromatic carbocycles. The van der Waals surface area contributed by atoms with E-state index in [4.69, 9.17) is 10.8 Å². The number of aliphatic hydroxyl groups excluding tert-OH is 1. The molecule has 2 rings (SSSR count). The molecule has 0 bridgehead atoms. The number of rotatable bonds is 5. The van der Waals surface area contributed by atoms with Crippen LogP contribution in [-0.2, 0) is 0 Å². The van der Waals surface area contributed by atoms with E-state index in [-0.39, 0.29) is 6.61 Å². The molecule has 1 saturated heterocycles. The predicted molar refractivity (Wildman–Crippen MR) is 79.1 cm³/mol. The summed E-state index contributed by atoms with van der Waals surface area (Å²) in [5.41, 5.74) is 6.49. The summed E-state index contributed by atoms with van der Waals surface area (Å²) < 4.78 is 0. The van der Waals surface area contributed by atoms with E-state index in [1.807, 2.05) is 0 Å². The zero-order valence-electron chi connectivity index (χ0n) is 12.5. The minimum absolute atomic E-state index is 0.282. The first kappa shape index (κ1) is 15.2. The minimum atomic E-state index is 0.282. The van der Waals surface area contributed by atoms with Crippen molar-refractivity contribution >= 4 is 0 Å². The van der Waals surface area contributed by atoms with Crippen molar-refractivity contribution in [3.63, 3.8) is 0 Å². The summed E-state index contributed by atoms with van der Waals surface area (Å²) in [6.07, 6.45) is 5.31. The van der Waals surface area contributed by atoms with Crippen molar-refractivity contribution in [2.75, 3.05) is 52.4 Å². The van der Waals surface area contributed by atoms with Crippen molar-refractivity contribution in [2.45, 2.75) is 32.6 Å². The third-order valence-corrected chi connectivity index (χ3v) is 5.21. The molecular formula is C15H31N3O. The fraction of sp³-hybridized carbons (Fsp3) is 1.00. The van der Waals surface area contributed by atoms with Crippen LogP contribution in [0.15, 0.2) is 0 Å². The van der Waals surface area contributed by atoms with Crippen LogP contribution >= 0.6 is 0 Å². The number of nitrogens with two attached hydrogens (primary N) is 1. The van der Waals surface area contributed by atoms with Gasteiger partial charge < -0.3 is 15.7 Å². The molecule has 3 N–H and O–H groups in total. The first-order chi connectivity index (χ1) is 9.17. The summed E-state index contributed by atoms with van der Waals surface area (Å²) in [5, 5.41) is 8.98. The highest BCUT2D eigenvalue weighted by Crippen LogP contribution is 2.38. The molecule has 2 fully saturated rings. The van der Waals surface area contributed by atoms with Gasteiger partial charge in [0.2, 0.25) is 0 Å². The van der Waals surface area contributed by atoms with Crippen molar-refractivity contribution < 1.29 is 5.11 Å². The second-order valence-electron chi connectivity index (χ2n) is 6.73. The maximum absolute atomic E-state index is 8.98. The molecule has 2 aliphatic rings. The van der Waals surface area contributed by atoms with E-state index in [0.29, 0.717) is 5.41 Å². The molecule has 1 heterocycles. The lowest BCUT2D eigenvalue weighted by atomic mass is 9.70. The van der Waals surface area contributed by atoms with Crippen molar-refractivity contribution in [2.24, 2.45) is 17.1 Å². The van der Waals surface area contributed by atoms with Gasteiger partial charge in [0, 0.05) is 39.3 Å². The Labute approximate surface area is 117 Å². The Morgan fingerprint density at radius 1 is 1.11 bits per heavy atom. The van der Waals surface area contributed by atoms with Gasteiger partial charge in [-0.3, -0.25) is 4.90 Å². The second-order valence-corrected chi connectivity index (χ2v) is 6.73. The van der Waals surface area contributed by atoms with Crippen molar-refractivity contribution in [1.82, 2.24) is 9.80 Å². The quantitative estimate of drug-likeness (QED) is 0.773. The van der Waals surface area contributed by atoms with Crippen molar-refractivity contribution in [3.05, 3.63) is 0 Å². The van der Waals surface area contributed by atoms with Crippen LogP contribution in [0.2, 0.25) is 0 Å². The standard InChI is InChI=1S/C15H31N3O/c1-14-2-4-15(12-16,5-3-14)13-18-8-6-17(7-9-18)10-11-19/h14,19H,2-13,16H2,1H3. The Bertz CT molecular complexity index is 256. The predicted octanol–water partition coefficient (Wildman–Crippen LogP) is 0.752. The maximum Gasteiger partial charge on any atom is 0.0558 e. The molecule has 0 radical (unpaired) electrons. The van der Waals surface area contributed by atoms with Crippen LogP contribution in [-0.4, -0.2) is 67.3 Å². The molecule has 0 spiro atoms. The van der Waals surface area contributed by atoms with E-state index < -0.39 is 0 Å². The maximum atomic E-state index is 8.98. The van der Waals surface area contributed by atoms with Crippen LogP contribution in [0.5, 0.6) is 0 Å². The molecule has 112 valence electrons. The first-order valence-electron chi connectivity index (χ1n) is 7.93. The van der Waals surface area contributed by atoms with Gasteiger partial charge in [-0.25, -0.2) is 0 Å². The van der Waals surface area contributed by atoms with Gasteiger partial charge >= 0.3 is 0 Å². The van der Waals surface area contributed by atoms with Gasteiger partial charge in [-0.15, -0.1) is 0 Å². The van der Waals surface area contributed by atoms with Crippen molar-refractivity contribution in [3.8, 4) is 0 Å². The van der Waals surface area contributed by atoms with Gasteiger partial charge in [0.15, 0.2) is 0 Å². The van der Waals surface area contributed by atoms with Crippen LogP contribution in [0.25, 0.3) is 0 Å². The number of nitrogens with zero attached hydrogens (tertiary/aromatic N) is 2. The molecule has 1 aliphatic carbocycles. The van der Waals surface area contributed by atoms with E-state index >= 15 is 0 Å². The second kappa shape index (κ2) is 7.02. The number of hydrogen-bond acceptors (Lipinski definition) is 4.